The Morgan fingerprint density at radius 2 is 1.42 bits per heavy atom. The van der Waals surface area contributed by atoms with Crippen molar-refractivity contribution in [1.82, 2.24) is 0 Å². The van der Waals surface area contributed by atoms with Gasteiger partial charge in [0, 0.05) is 0 Å². The number of hydrogen-bond acceptors (Lipinski definition) is 0. The average molecular weight is 258 g/mol. The molecule has 0 saturated heterocycles. The molecule has 0 radical (unpaired) electrons. The first-order valence-corrected chi connectivity index (χ1v) is 7.20. The summed E-state index contributed by atoms with van der Waals surface area (Å²) in [6, 6.07) is 0. The summed E-state index contributed by atoms with van der Waals surface area (Å²) in [4.78, 5) is 0. The van der Waals surface area contributed by atoms with E-state index in [1.807, 2.05) is 13.0 Å². The van der Waals surface area contributed by atoms with Crippen molar-refractivity contribution in [2.75, 3.05) is 0 Å². The van der Waals surface area contributed by atoms with Crippen molar-refractivity contribution in [1.29, 1.82) is 0 Å². The lowest BCUT2D eigenvalue weighted by molar-refractivity contribution is 0.918. The second-order valence-electron chi connectivity index (χ2n) is 5.63. The topological polar surface area (TPSA) is 0 Å². The van der Waals surface area contributed by atoms with E-state index in [0.717, 1.165) is 18.4 Å². The molecule has 0 unspecified atom stereocenters. The van der Waals surface area contributed by atoms with Crippen molar-refractivity contribution >= 4 is 0 Å². The Kier molecular flexibility index (Phi) is 9.88. The standard InChI is InChI=1S/C19H30/c1-16(2)10-7-12-18(5)14-9-15-19(6)13-8-11-17(3)4/h7,10-12,15H,1,8-9,13-14H2,2-6H3/b10-7+,18-12+,19-15+. The molecule has 19 heavy (non-hydrogen) atoms. The van der Waals surface area contributed by atoms with Gasteiger partial charge in [-0.25, -0.2) is 0 Å². The summed E-state index contributed by atoms with van der Waals surface area (Å²) in [5, 5.41) is 0. The Morgan fingerprint density at radius 1 is 0.842 bits per heavy atom. The first-order chi connectivity index (χ1) is 8.91. The van der Waals surface area contributed by atoms with E-state index < -0.39 is 0 Å². The molecule has 0 heteroatoms. The zero-order chi connectivity index (χ0) is 14.7. The van der Waals surface area contributed by atoms with Gasteiger partial charge in [-0.15, -0.1) is 0 Å². The number of allylic oxidation sites excluding steroid dienone is 9. The van der Waals surface area contributed by atoms with Crippen LogP contribution in [0.15, 0.2) is 59.3 Å². The van der Waals surface area contributed by atoms with E-state index in [0.29, 0.717) is 0 Å². The quantitative estimate of drug-likeness (QED) is 0.342. The molecule has 0 fully saturated rings. The Balaban J connectivity index is 3.99. The van der Waals surface area contributed by atoms with E-state index in [9.17, 15) is 0 Å². The molecule has 0 aliphatic rings. The first kappa shape index (κ1) is 17.7. The third-order valence-corrected chi connectivity index (χ3v) is 2.88. The van der Waals surface area contributed by atoms with Crippen LogP contribution in [-0.2, 0) is 0 Å². The van der Waals surface area contributed by atoms with Crippen LogP contribution in [0.25, 0.3) is 0 Å². The van der Waals surface area contributed by atoms with Crippen LogP contribution in [0.3, 0.4) is 0 Å². The summed E-state index contributed by atoms with van der Waals surface area (Å²) in [7, 11) is 0. The highest BCUT2D eigenvalue weighted by molar-refractivity contribution is 5.19. The highest BCUT2D eigenvalue weighted by Crippen LogP contribution is 2.11. The maximum absolute atomic E-state index is 3.85. The third kappa shape index (κ3) is 12.9. The molecule has 0 rings (SSSR count). The second kappa shape index (κ2) is 10.6. The van der Waals surface area contributed by atoms with Gasteiger partial charge in [-0.3, -0.25) is 0 Å². The fourth-order valence-corrected chi connectivity index (χ4v) is 1.70. The maximum atomic E-state index is 3.85. The Hall–Kier alpha value is -1.30. The zero-order valence-corrected chi connectivity index (χ0v) is 13.4. The maximum Gasteiger partial charge on any atom is -0.0285 e. The summed E-state index contributed by atoms with van der Waals surface area (Å²) < 4.78 is 0. The van der Waals surface area contributed by atoms with Crippen molar-refractivity contribution in [3.05, 3.63) is 59.3 Å². The minimum Gasteiger partial charge on any atom is -0.0961 e. The average Bonchev–Trinajstić information content (AvgIpc) is 2.27. The number of rotatable bonds is 8. The fourth-order valence-electron chi connectivity index (χ4n) is 1.70. The Bertz CT molecular complexity index is 382. The molecular weight excluding hydrogens is 228 g/mol. The highest BCUT2D eigenvalue weighted by atomic mass is 14.0. The van der Waals surface area contributed by atoms with Gasteiger partial charge in [0.25, 0.3) is 0 Å². The summed E-state index contributed by atoms with van der Waals surface area (Å²) in [5.41, 5.74) is 5.43. The van der Waals surface area contributed by atoms with Crippen LogP contribution >= 0.6 is 0 Å². The molecular formula is C19H30. The second-order valence-corrected chi connectivity index (χ2v) is 5.63. The van der Waals surface area contributed by atoms with E-state index in [-0.39, 0.29) is 0 Å². The molecule has 0 saturated carbocycles. The minimum atomic E-state index is 1.10. The molecule has 0 amide bonds. The fraction of sp³-hybridized carbons (Fsp3) is 0.474. The van der Waals surface area contributed by atoms with Gasteiger partial charge in [0.2, 0.25) is 0 Å². The van der Waals surface area contributed by atoms with Crippen LogP contribution in [-0.4, -0.2) is 0 Å². The van der Waals surface area contributed by atoms with E-state index in [2.05, 4.69) is 58.6 Å². The van der Waals surface area contributed by atoms with Crippen LogP contribution < -0.4 is 0 Å². The smallest absolute Gasteiger partial charge is 0.0285 e. The van der Waals surface area contributed by atoms with Gasteiger partial charge in [-0.1, -0.05) is 59.3 Å². The van der Waals surface area contributed by atoms with Crippen LogP contribution in [0.4, 0.5) is 0 Å². The summed E-state index contributed by atoms with van der Waals surface area (Å²) in [6.45, 7) is 14.6. The molecule has 0 aromatic carbocycles. The molecule has 0 heterocycles. The zero-order valence-electron chi connectivity index (χ0n) is 13.4. The van der Waals surface area contributed by atoms with Crippen molar-refractivity contribution in [2.24, 2.45) is 0 Å². The lowest BCUT2D eigenvalue weighted by atomic mass is 10.1. The summed E-state index contributed by atoms with van der Waals surface area (Å²) >= 11 is 0. The van der Waals surface area contributed by atoms with Gasteiger partial charge in [0.15, 0.2) is 0 Å². The molecule has 0 bridgehead atoms. The Morgan fingerprint density at radius 3 is 2.00 bits per heavy atom. The Labute approximate surface area is 120 Å². The van der Waals surface area contributed by atoms with Crippen LogP contribution in [0.2, 0.25) is 0 Å². The van der Waals surface area contributed by atoms with Gasteiger partial charge < -0.3 is 0 Å². The van der Waals surface area contributed by atoms with Crippen molar-refractivity contribution < 1.29 is 0 Å². The molecule has 0 nitrogen and oxygen atoms in total. The van der Waals surface area contributed by atoms with Crippen molar-refractivity contribution in [2.45, 2.75) is 60.3 Å². The van der Waals surface area contributed by atoms with E-state index in [1.54, 1.807) is 0 Å². The normalized spacial score (nSPS) is 12.9. The van der Waals surface area contributed by atoms with E-state index in [4.69, 9.17) is 0 Å². The van der Waals surface area contributed by atoms with Gasteiger partial charge >= 0.3 is 0 Å². The van der Waals surface area contributed by atoms with Gasteiger partial charge in [-0.2, -0.15) is 0 Å². The SMILES string of the molecule is C=C(C)/C=C/C=C(\C)CC/C=C(\C)CCC=C(C)C. The van der Waals surface area contributed by atoms with Crippen molar-refractivity contribution in [3.8, 4) is 0 Å². The van der Waals surface area contributed by atoms with Gasteiger partial charge in [0.05, 0.1) is 0 Å². The lowest BCUT2D eigenvalue weighted by Crippen LogP contribution is -1.80. The van der Waals surface area contributed by atoms with E-state index in [1.165, 1.54) is 29.6 Å². The first-order valence-electron chi connectivity index (χ1n) is 7.20. The summed E-state index contributed by atoms with van der Waals surface area (Å²) in [5.74, 6) is 0. The molecule has 0 N–H and O–H groups in total. The van der Waals surface area contributed by atoms with Crippen LogP contribution in [0.5, 0.6) is 0 Å². The minimum absolute atomic E-state index is 1.10. The lowest BCUT2D eigenvalue weighted by Gasteiger charge is -2.00. The highest BCUT2D eigenvalue weighted by Gasteiger charge is 1.91. The molecule has 0 atom stereocenters. The third-order valence-electron chi connectivity index (χ3n) is 2.88. The molecule has 0 spiro atoms. The van der Waals surface area contributed by atoms with Crippen molar-refractivity contribution in [3.63, 3.8) is 0 Å². The molecule has 0 aliphatic heterocycles. The predicted octanol–water partition coefficient (Wildman–Crippen LogP) is 6.54. The molecule has 0 aromatic rings. The molecule has 0 aromatic heterocycles. The van der Waals surface area contributed by atoms with Crippen LogP contribution in [0.1, 0.15) is 60.3 Å². The predicted molar refractivity (Wildman–Crippen MR) is 89.4 cm³/mol. The van der Waals surface area contributed by atoms with Gasteiger partial charge in [0.1, 0.15) is 0 Å². The monoisotopic (exact) mass is 258 g/mol. The van der Waals surface area contributed by atoms with Crippen LogP contribution in [0, 0.1) is 0 Å². The summed E-state index contributed by atoms with van der Waals surface area (Å²) in [6.07, 6.45) is 15.6. The molecule has 0 aliphatic carbocycles. The van der Waals surface area contributed by atoms with E-state index >= 15 is 0 Å². The van der Waals surface area contributed by atoms with Gasteiger partial charge in [-0.05, 0) is 60.3 Å². The number of hydrogen-bond donors (Lipinski definition) is 0. The largest absolute Gasteiger partial charge is 0.0961 e. The molecule has 106 valence electrons.